The average Bonchev–Trinajstić information content (AvgIpc) is 2.61. The fourth-order valence-corrected chi connectivity index (χ4v) is 1.68. The standard InChI is InChI=1S/C11H17N3O/c1-4-8(6-12)11(15)9-7-14(3)13-10(9)5-2/h7-8,11,15H,4-5H2,1-3H3. The fourth-order valence-electron chi connectivity index (χ4n) is 1.68. The monoisotopic (exact) mass is 207 g/mol. The average molecular weight is 207 g/mol. The third kappa shape index (κ3) is 2.37. The Morgan fingerprint density at radius 1 is 1.60 bits per heavy atom. The third-order valence-electron chi connectivity index (χ3n) is 2.58. The molecule has 0 spiro atoms. The van der Waals surface area contributed by atoms with Gasteiger partial charge in [0.05, 0.1) is 23.8 Å². The van der Waals surface area contributed by atoms with Crippen molar-refractivity contribution in [2.24, 2.45) is 13.0 Å². The summed E-state index contributed by atoms with van der Waals surface area (Å²) in [6.45, 7) is 3.89. The van der Waals surface area contributed by atoms with E-state index >= 15 is 0 Å². The molecule has 4 nitrogen and oxygen atoms in total. The molecule has 0 aliphatic carbocycles. The topological polar surface area (TPSA) is 61.8 Å². The van der Waals surface area contributed by atoms with E-state index in [1.54, 1.807) is 10.9 Å². The number of hydrogen-bond donors (Lipinski definition) is 1. The summed E-state index contributed by atoms with van der Waals surface area (Å²) in [4.78, 5) is 0. The van der Waals surface area contributed by atoms with Crippen LogP contribution in [-0.2, 0) is 13.5 Å². The van der Waals surface area contributed by atoms with E-state index in [9.17, 15) is 5.11 Å². The summed E-state index contributed by atoms with van der Waals surface area (Å²) in [6.07, 6.45) is 2.50. The van der Waals surface area contributed by atoms with Gasteiger partial charge in [-0.15, -0.1) is 0 Å². The van der Waals surface area contributed by atoms with Crippen LogP contribution in [0.2, 0.25) is 0 Å². The number of nitriles is 1. The molecule has 0 aliphatic rings. The molecular formula is C11H17N3O. The predicted octanol–water partition coefficient (Wildman–Crippen LogP) is 1.57. The molecule has 0 saturated carbocycles. The van der Waals surface area contributed by atoms with E-state index in [-0.39, 0.29) is 5.92 Å². The molecular weight excluding hydrogens is 190 g/mol. The molecule has 4 heteroatoms. The van der Waals surface area contributed by atoms with E-state index in [1.807, 2.05) is 20.9 Å². The van der Waals surface area contributed by atoms with Gasteiger partial charge in [-0.1, -0.05) is 13.8 Å². The zero-order valence-electron chi connectivity index (χ0n) is 9.44. The first-order valence-corrected chi connectivity index (χ1v) is 5.24. The summed E-state index contributed by atoms with van der Waals surface area (Å²) in [7, 11) is 1.82. The van der Waals surface area contributed by atoms with Crippen molar-refractivity contribution in [1.29, 1.82) is 5.26 Å². The van der Waals surface area contributed by atoms with Gasteiger partial charge in [-0.25, -0.2) is 0 Å². The maximum atomic E-state index is 10.0. The van der Waals surface area contributed by atoms with Gasteiger partial charge in [0.25, 0.3) is 0 Å². The van der Waals surface area contributed by atoms with Crippen molar-refractivity contribution in [3.8, 4) is 6.07 Å². The second kappa shape index (κ2) is 4.94. The van der Waals surface area contributed by atoms with Gasteiger partial charge in [0.2, 0.25) is 0 Å². The predicted molar refractivity (Wildman–Crippen MR) is 56.9 cm³/mol. The van der Waals surface area contributed by atoms with Crippen molar-refractivity contribution in [1.82, 2.24) is 9.78 Å². The van der Waals surface area contributed by atoms with Gasteiger partial charge < -0.3 is 5.11 Å². The summed E-state index contributed by atoms with van der Waals surface area (Å²) in [5, 5.41) is 23.2. The lowest BCUT2D eigenvalue weighted by atomic mass is 9.94. The highest BCUT2D eigenvalue weighted by Gasteiger charge is 2.23. The second-order valence-electron chi connectivity index (χ2n) is 3.65. The van der Waals surface area contributed by atoms with Crippen molar-refractivity contribution >= 4 is 0 Å². The number of aliphatic hydroxyl groups is 1. The number of aliphatic hydroxyl groups excluding tert-OH is 1. The number of rotatable bonds is 4. The van der Waals surface area contributed by atoms with Gasteiger partial charge in [-0.3, -0.25) is 4.68 Å². The van der Waals surface area contributed by atoms with Crippen molar-refractivity contribution in [3.63, 3.8) is 0 Å². The molecule has 0 aromatic carbocycles. The molecule has 1 N–H and O–H groups in total. The molecule has 2 unspecified atom stereocenters. The van der Waals surface area contributed by atoms with Crippen LogP contribution in [0, 0.1) is 17.2 Å². The van der Waals surface area contributed by atoms with Gasteiger partial charge in [-0.05, 0) is 12.8 Å². The van der Waals surface area contributed by atoms with Crippen LogP contribution in [0.25, 0.3) is 0 Å². The van der Waals surface area contributed by atoms with Crippen LogP contribution in [-0.4, -0.2) is 14.9 Å². The summed E-state index contributed by atoms with van der Waals surface area (Å²) in [5.74, 6) is -0.348. The lowest BCUT2D eigenvalue weighted by Crippen LogP contribution is -2.10. The smallest absolute Gasteiger partial charge is 0.0981 e. The van der Waals surface area contributed by atoms with E-state index in [2.05, 4.69) is 11.2 Å². The number of hydrogen-bond acceptors (Lipinski definition) is 3. The minimum Gasteiger partial charge on any atom is -0.387 e. The van der Waals surface area contributed by atoms with Crippen LogP contribution in [0.4, 0.5) is 0 Å². The molecule has 82 valence electrons. The quantitative estimate of drug-likeness (QED) is 0.815. The number of nitrogens with zero attached hydrogens (tertiary/aromatic N) is 3. The molecule has 0 bridgehead atoms. The van der Waals surface area contributed by atoms with Crippen molar-refractivity contribution in [2.75, 3.05) is 0 Å². The number of aryl methyl sites for hydroxylation is 2. The first kappa shape index (κ1) is 11.7. The molecule has 2 atom stereocenters. The molecule has 1 aromatic heterocycles. The van der Waals surface area contributed by atoms with E-state index < -0.39 is 6.10 Å². The van der Waals surface area contributed by atoms with Crippen molar-refractivity contribution in [3.05, 3.63) is 17.5 Å². The third-order valence-corrected chi connectivity index (χ3v) is 2.58. The molecule has 15 heavy (non-hydrogen) atoms. The lowest BCUT2D eigenvalue weighted by Gasteiger charge is -2.14. The first-order chi connectivity index (χ1) is 7.13. The molecule has 0 radical (unpaired) electrons. The molecule has 1 heterocycles. The highest BCUT2D eigenvalue weighted by molar-refractivity contribution is 5.22. The largest absolute Gasteiger partial charge is 0.387 e. The zero-order valence-corrected chi connectivity index (χ0v) is 9.44. The first-order valence-electron chi connectivity index (χ1n) is 5.24. The van der Waals surface area contributed by atoms with Gasteiger partial charge in [0.15, 0.2) is 0 Å². The summed E-state index contributed by atoms with van der Waals surface area (Å²) < 4.78 is 1.68. The highest BCUT2D eigenvalue weighted by Crippen LogP contribution is 2.26. The summed E-state index contributed by atoms with van der Waals surface area (Å²) in [5.41, 5.74) is 1.66. The summed E-state index contributed by atoms with van der Waals surface area (Å²) >= 11 is 0. The molecule has 0 fully saturated rings. The van der Waals surface area contributed by atoms with Gasteiger partial charge in [0.1, 0.15) is 0 Å². The maximum Gasteiger partial charge on any atom is 0.0981 e. The van der Waals surface area contributed by atoms with Crippen LogP contribution in [0.15, 0.2) is 6.20 Å². The van der Waals surface area contributed by atoms with Crippen LogP contribution in [0.5, 0.6) is 0 Å². The Morgan fingerprint density at radius 3 is 2.73 bits per heavy atom. The molecule has 0 amide bonds. The highest BCUT2D eigenvalue weighted by atomic mass is 16.3. The maximum absolute atomic E-state index is 10.0. The Hall–Kier alpha value is -1.34. The zero-order chi connectivity index (χ0) is 11.4. The Labute approximate surface area is 90.1 Å². The van der Waals surface area contributed by atoms with Crippen LogP contribution in [0.1, 0.15) is 37.6 Å². The minimum atomic E-state index is -0.719. The molecule has 0 aliphatic heterocycles. The Kier molecular flexibility index (Phi) is 3.87. The van der Waals surface area contributed by atoms with Gasteiger partial charge in [0, 0.05) is 18.8 Å². The van der Waals surface area contributed by atoms with Gasteiger partial charge >= 0.3 is 0 Å². The fraction of sp³-hybridized carbons (Fsp3) is 0.636. The van der Waals surface area contributed by atoms with E-state index in [1.165, 1.54) is 0 Å². The molecule has 1 aromatic rings. The minimum absolute atomic E-state index is 0.348. The van der Waals surface area contributed by atoms with E-state index in [0.29, 0.717) is 6.42 Å². The normalized spacial score (nSPS) is 14.6. The van der Waals surface area contributed by atoms with E-state index in [4.69, 9.17) is 5.26 Å². The number of aromatic nitrogens is 2. The van der Waals surface area contributed by atoms with Crippen LogP contribution in [0.3, 0.4) is 0 Å². The Balaban J connectivity index is 2.99. The molecule has 0 saturated heterocycles. The van der Waals surface area contributed by atoms with Crippen molar-refractivity contribution in [2.45, 2.75) is 32.8 Å². The Bertz CT molecular complexity index is 364. The SMILES string of the molecule is CCc1nn(C)cc1C(O)C(C#N)CC. The Morgan fingerprint density at radius 2 is 2.27 bits per heavy atom. The van der Waals surface area contributed by atoms with Crippen LogP contribution >= 0.6 is 0 Å². The van der Waals surface area contributed by atoms with Crippen LogP contribution < -0.4 is 0 Å². The van der Waals surface area contributed by atoms with Gasteiger partial charge in [-0.2, -0.15) is 10.4 Å². The second-order valence-corrected chi connectivity index (χ2v) is 3.65. The summed E-state index contributed by atoms with van der Waals surface area (Å²) in [6, 6.07) is 2.12. The lowest BCUT2D eigenvalue weighted by molar-refractivity contribution is 0.132. The van der Waals surface area contributed by atoms with E-state index in [0.717, 1.165) is 17.7 Å². The molecule has 1 rings (SSSR count). The van der Waals surface area contributed by atoms with Crippen molar-refractivity contribution < 1.29 is 5.11 Å².